The molecule has 0 saturated heterocycles. The predicted octanol–water partition coefficient (Wildman–Crippen LogP) is 1.94. The molecule has 4 nitrogen and oxygen atoms in total. The van der Waals surface area contributed by atoms with Crippen molar-refractivity contribution in [3.63, 3.8) is 0 Å². The quantitative estimate of drug-likeness (QED) is 0.821. The Hall–Kier alpha value is -1.13. The van der Waals surface area contributed by atoms with Crippen LogP contribution in [0.2, 0.25) is 0 Å². The van der Waals surface area contributed by atoms with Gasteiger partial charge in [0.2, 0.25) is 0 Å². The van der Waals surface area contributed by atoms with E-state index in [2.05, 4.69) is 4.98 Å². The molecule has 1 heterocycles. The molecule has 2 rings (SSSR count). The summed E-state index contributed by atoms with van der Waals surface area (Å²) in [5, 5.41) is 10.3. The highest BCUT2D eigenvalue weighted by Crippen LogP contribution is 2.40. The van der Waals surface area contributed by atoms with Crippen LogP contribution in [-0.4, -0.2) is 29.9 Å². The van der Waals surface area contributed by atoms with Crippen LogP contribution in [-0.2, 0) is 4.74 Å². The molecule has 0 aliphatic heterocycles. The molecule has 0 aromatic carbocycles. The molecule has 1 aromatic heterocycles. The van der Waals surface area contributed by atoms with Gasteiger partial charge in [-0.25, -0.2) is 0 Å². The van der Waals surface area contributed by atoms with Crippen molar-refractivity contribution in [3.05, 3.63) is 24.0 Å². The Morgan fingerprint density at radius 3 is 2.82 bits per heavy atom. The summed E-state index contributed by atoms with van der Waals surface area (Å²) in [6.45, 7) is 2.57. The van der Waals surface area contributed by atoms with Crippen molar-refractivity contribution in [1.82, 2.24) is 4.98 Å². The first-order valence-corrected chi connectivity index (χ1v) is 6.04. The summed E-state index contributed by atoms with van der Waals surface area (Å²) in [4.78, 5) is 4.06. The fourth-order valence-corrected chi connectivity index (χ4v) is 2.00. The van der Waals surface area contributed by atoms with Gasteiger partial charge in [-0.2, -0.15) is 0 Å². The van der Waals surface area contributed by atoms with Gasteiger partial charge >= 0.3 is 0 Å². The molecular formula is C13H19NO3. The number of pyridine rings is 1. The first-order chi connectivity index (χ1) is 8.26. The van der Waals surface area contributed by atoms with Gasteiger partial charge in [0.05, 0.1) is 19.4 Å². The van der Waals surface area contributed by atoms with Crippen molar-refractivity contribution in [3.8, 4) is 5.75 Å². The number of aliphatic hydroxyl groups excluding tert-OH is 1. The fraction of sp³-hybridized carbons (Fsp3) is 0.615. The third-order valence-corrected chi connectivity index (χ3v) is 3.07. The van der Waals surface area contributed by atoms with Crippen LogP contribution in [0.15, 0.2) is 18.5 Å². The zero-order valence-corrected chi connectivity index (χ0v) is 10.3. The zero-order valence-electron chi connectivity index (χ0n) is 10.3. The second-order valence-electron chi connectivity index (χ2n) is 4.36. The number of aromatic nitrogens is 1. The van der Waals surface area contributed by atoms with Crippen molar-refractivity contribution >= 4 is 0 Å². The van der Waals surface area contributed by atoms with Crippen LogP contribution in [0.25, 0.3) is 0 Å². The van der Waals surface area contributed by atoms with Gasteiger partial charge in [-0.1, -0.05) is 0 Å². The Labute approximate surface area is 102 Å². The van der Waals surface area contributed by atoms with Crippen LogP contribution < -0.4 is 4.74 Å². The first kappa shape index (κ1) is 12.3. The van der Waals surface area contributed by atoms with Gasteiger partial charge in [0, 0.05) is 18.4 Å². The Balaban J connectivity index is 2.12. The maximum absolute atomic E-state index is 10.3. The Morgan fingerprint density at radius 2 is 2.24 bits per heavy atom. The van der Waals surface area contributed by atoms with Crippen molar-refractivity contribution in [1.29, 1.82) is 0 Å². The average Bonchev–Trinajstić information content (AvgIpc) is 3.19. The minimum Gasteiger partial charge on any atom is -0.495 e. The van der Waals surface area contributed by atoms with Crippen LogP contribution in [0.4, 0.5) is 0 Å². The van der Waals surface area contributed by atoms with Gasteiger partial charge in [0.15, 0.2) is 0 Å². The van der Waals surface area contributed by atoms with E-state index in [1.807, 2.05) is 13.0 Å². The van der Waals surface area contributed by atoms with Crippen molar-refractivity contribution < 1.29 is 14.6 Å². The standard InChI is InChI=1S/C13H19NO3/c1-3-17-13(9-4-5-9)12(15)10-6-11(16-2)8-14-7-10/h6-9,12-13,15H,3-5H2,1-2H3. The van der Waals surface area contributed by atoms with E-state index in [1.165, 1.54) is 0 Å². The molecule has 1 N–H and O–H groups in total. The molecule has 2 atom stereocenters. The van der Waals surface area contributed by atoms with Crippen LogP contribution in [0, 0.1) is 5.92 Å². The third-order valence-electron chi connectivity index (χ3n) is 3.07. The molecule has 4 heteroatoms. The van der Waals surface area contributed by atoms with E-state index in [0.717, 1.165) is 18.4 Å². The number of ether oxygens (including phenoxy) is 2. The van der Waals surface area contributed by atoms with Crippen LogP contribution in [0.3, 0.4) is 0 Å². The van der Waals surface area contributed by atoms with E-state index in [-0.39, 0.29) is 6.10 Å². The molecule has 0 bridgehead atoms. The summed E-state index contributed by atoms with van der Waals surface area (Å²) in [5.41, 5.74) is 0.759. The number of hydrogen-bond donors (Lipinski definition) is 1. The predicted molar refractivity (Wildman–Crippen MR) is 63.9 cm³/mol. The normalized spacial score (nSPS) is 18.8. The molecule has 0 amide bonds. The Morgan fingerprint density at radius 1 is 1.47 bits per heavy atom. The molecular weight excluding hydrogens is 218 g/mol. The van der Waals surface area contributed by atoms with Gasteiger partial charge in [-0.05, 0) is 31.7 Å². The Bertz CT molecular complexity index is 365. The zero-order chi connectivity index (χ0) is 12.3. The minimum absolute atomic E-state index is 0.117. The summed E-state index contributed by atoms with van der Waals surface area (Å²) in [6, 6.07) is 1.81. The van der Waals surface area contributed by atoms with E-state index in [4.69, 9.17) is 9.47 Å². The first-order valence-electron chi connectivity index (χ1n) is 6.04. The average molecular weight is 237 g/mol. The van der Waals surface area contributed by atoms with Gasteiger partial charge in [0.1, 0.15) is 11.9 Å². The van der Waals surface area contributed by atoms with E-state index >= 15 is 0 Å². The van der Waals surface area contributed by atoms with Gasteiger partial charge in [-0.3, -0.25) is 4.98 Å². The molecule has 0 spiro atoms. The van der Waals surface area contributed by atoms with Crippen LogP contribution in [0.5, 0.6) is 5.75 Å². The van der Waals surface area contributed by atoms with E-state index in [1.54, 1.807) is 19.5 Å². The molecule has 1 aliphatic carbocycles. The van der Waals surface area contributed by atoms with Crippen molar-refractivity contribution in [2.75, 3.05) is 13.7 Å². The monoisotopic (exact) mass is 237 g/mol. The van der Waals surface area contributed by atoms with E-state index in [0.29, 0.717) is 18.3 Å². The second-order valence-corrected chi connectivity index (χ2v) is 4.36. The number of hydrogen-bond acceptors (Lipinski definition) is 4. The largest absolute Gasteiger partial charge is 0.495 e. The molecule has 1 aliphatic rings. The summed E-state index contributed by atoms with van der Waals surface area (Å²) in [6.07, 6.45) is 4.84. The lowest BCUT2D eigenvalue weighted by atomic mass is 10.0. The molecule has 1 saturated carbocycles. The lowest BCUT2D eigenvalue weighted by Gasteiger charge is -2.22. The molecule has 2 unspecified atom stereocenters. The highest BCUT2D eigenvalue weighted by atomic mass is 16.5. The summed E-state index contributed by atoms with van der Waals surface area (Å²) < 4.78 is 10.7. The van der Waals surface area contributed by atoms with E-state index in [9.17, 15) is 5.11 Å². The second kappa shape index (κ2) is 5.47. The number of aliphatic hydroxyl groups is 1. The number of rotatable bonds is 6. The molecule has 94 valence electrons. The van der Waals surface area contributed by atoms with Crippen LogP contribution >= 0.6 is 0 Å². The molecule has 1 fully saturated rings. The van der Waals surface area contributed by atoms with E-state index < -0.39 is 6.10 Å². The van der Waals surface area contributed by atoms with Gasteiger partial charge < -0.3 is 14.6 Å². The van der Waals surface area contributed by atoms with Gasteiger partial charge in [-0.15, -0.1) is 0 Å². The maximum atomic E-state index is 10.3. The molecule has 17 heavy (non-hydrogen) atoms. The minimum atomic E-state index is -0.620. The molecule has 1 aromatic rings. The summed E-state index contributed by atoms with van der Waals surface area (Å²) in [5.74, 6) is 1.14. The fourth-order valence-electron chi connectivity index (χ4n) is 2.00. The van der Waals surface area contributed by atoms with Crippen molar-refractivity contribution in [2.24, 2.45) is 5.92 Å². The lowest BCUT2D eigenvalue weighted by Crippen LogP contribution is -2.24. The number of nitrogens with zero attached hydrogens (tertiary/aromatic N) is 1. The van der Waals surface area contributed by atoms with Crippen molar-refractivity contribution in [2.45, 2.75) is 32.0 Å². The van der Waals surface area contributed by atoms with Crippen LogP contribution in [0.1, 0.15) is 31.4 Å². The Kier molecular flexibility index (Phi) is 3.97. The highest BCUT2D eigenvalue weighted by Gasteiger charge is 2.37. The summed E-state index contributed by atoms with van der Waals surface area (Å²) in [7, 11) is 1.59. The SMILES string of the molecule is CCOC(C1CC1)C(O)c1cncc(OC)c1. The molecule has 0 radical (unpaired) electrons. The number of methoxy groups -OCH3 is 1. The topological polar surface area (TPSA) is 51.6 Å². The summed E-state index contributed by atoms with van der Waals surface area (Å²) >= 11 is 0. The maximum Gasteiger partial charge on any atom is 0.137 e. The smallest absolute Gasteiger partial charge is 0.137 e. The highest BCUT2D eigenvalue weighted by molar-refractivity contribution is 5.26. The third kappa shape index (κ3) is 2.96. The lowest BCUT2D eigenvalue weighted by molar-refractivity contribution is -0.0463. The van der Waals surface area contributed by atoms with Gasteiger partial charge in [0.25, 0.3) is 0 Å².